The van der Waals surface area contributed by atoms with Crippen molar-refractivity contribution >= 4 is 11.4 Å². The number of non-ortho nitro benzene ring substituents is 1. The number of nitro groups is 1. The lowest BCUT2D eigenvalue weighted by molar-refractivity contribution is -0.385. The summed E-state index contributed by atoms with van der Waals surface area (Å²) in [7, 11) is 0. The lowest BCUT2D eigenvalue weighted by Gasteiger charge is -2.21. The molecule has 17 heavy (non-hydrogen) atoms. The topological polar surface area (TPSA) is 55.2 Å². The van der Waals surface area contributed by atoms with E-state index in [1.54, 1.807) is 13.8 Å². The number of nitrogens with one attached hydrogen (secondary N) is 1. The van der Waals surface area contributed by atoms with Gasteiger partial charge in [0.15, 0.2) is 11.6 Å². The summed E-state index contributed by atoms with van der Waals surface area (Å²) in [6.45, 7) is 3.10. The second-order valence-corrected chi connectivity index (χ2v) is 3.94. The summed E-state index contributed by atoms with van der Waals surface area (Å²) in [6.07, 6.45) is 5.17. The van der Waals surface area contributed by atoms with Crippen molar-refractivity contribution in [3.05, 3.63) is 33.9 Å². The summed E-state index contributed by atoms with van der Waals surface area (Å²) >= 11 is 0. The van der Waals surface area contributed by atoms with Crippen molar-refractivity contribution in [2.45, 2.75) is 19.4 Å². The molecule has 4 nitrogen and oxygen atoms in total. The van der Waals surface area contributed by atoms with E-state index in [4.69, 9.17) is 6.42 Å². The SMILES string of the molecule is C#CC(C)(C)Nc1c(F)cc([N+](=O)[O-])cc1F. The van der Waals surface area contributed by atoms with Gasteiger partial charge in [0.05, 0.1) is 22.6 Å². The van der Waals surface area contributed by atoms with Gasteiger partial charge in [-0.1, -0.05) is 5.92 Å². The Kier molecular flexibility index (Phi) is 3.32. The summed E-state index contributed by atoms with van der Waals surface area (Å²) in [5.74, 6) is 0.192. The van der Waals surface area contributed by atoms with Crippen LogP contribution in [0.3, 0.4) is 0 Å². The molecule has 0 fully saturated rings. The highest BCUT2D eigenvalue weighted by atomic mass is 19.1. The summed E-state index contributed by atoms with van der Waals surface area (Å²) in [4.78, 5) is 9.50. The Bertz CT molecular complexity index is 484. The van der Waals surface area contributed by atoms with E-state index in [9.17, 15) is 18.9 Å². The fraction of sp³-hybridized carbons (Fsp3) is 0.273. The minimum absolute atomic E-state index is 0.474. The predicted octanol–water partition coefficient (Wildman–Crippen LogP) is 2.70. The molecule has 0 aliphatic rings. The third-order valence-electron chi connectivity index (χ3n) is 2.04. The molecule has 0 bridgehead atoms. The van der Waals surface area contributed by atoms with Crippen LogP contribution in [0.25, 0.3) is 0 Å². The van der Waals surface area contributed by atoms with E-state index in [0.717, 1.165) is 0 Å². The van der Waals surface area contributed by atoms with Crippen molar-refractivity contribution in [1.82, 2.24) is 0 Å². The van der Waals surface area contributed by atoms with Gasteiger partial charge in [-0.05, 0) is 13.8 Å². The first-order valence-electron chi connectivity index (χ1n) is 4.66. The van der Waals surface area contributed by atoms with E-state index in [1.807, 2.05) is 0 Å². The first-order chi connectivity index (χ1) is 7.76. The molecule has 0 aliphatic carbocycles. The lowest BCUT2D eigenvalue weighted by atomic mass is 10.1. The van der Waals surface area contributed by atoms with Gasteiger partial charge in [-0.15, -0.1) is 6.42 Å². The van der Waals surface area contributed by atoms with Crippen LogP contribution in [0, 0.1) is 34.1 Å². The molecular weight excluding hydrogens is 230 g/mol. The Balaban J connectivity index is 3.20. The number of halogens is 2. The first-order valence-corrected chi connectivity index (χ1v) is 4.66. The van der Waals surface area contributed by atoms with Crippen LogP contribution in [0.4, 0.5) is 20.2 Å². The third-order valence-corrected chi connectivity index (χ3v) is 2.04. The standard InChI is InChI=1S/C11H10F2N2O2/c1-4-11(2,3)14-10-8(12)5-7(15(16)17)6-9(10)13/h1,5-6,14H,2-3H3. The Morgan fingerprint density at radius 2 is 1.88 bits per heavy atom. The molecule has 0 heterocycles. The van der Waals surface area contributed by atoms with Crippen molar-refractivity contribution in [3.8, 4) is 12.3 Å². The number of nitrogens with zero attached hydrogens (tertiary/aromatic N) is 1. The zero-order valence-electron chi connectivity index (χ0n) is 9.25. The van der Waals surface area contributed by atoms with Crippen molar-refractivity contribution in [3.63, 3.8) is 0 Å². The molecule has 0 aromatic heterocycles. The Morgan fingerprint density at radius 1 is 1.41 bits per heavy atom. The van der Waals surface area contributed by atoms with Crippen LogP contribution in [0.2, 0.25) is 0 Å². The van der Waals surface area contributed by atoms with Gasteiger partial charge < -0.3 is 5.32 Å². The van der Waals surface area contributed by atoms with Crippen LogP contribution >= 0.6 is 0 Å². The maximum absolute atomic E-state index is 13.5. The molecule has 90 valence electrons. The number of benzene rings is 1. The molecule has 0 unspecified atom stereocenters. The molecular formula is C11H10F2N2O2. The molecule has 1 N–H and O–H groups in total. The molecule has 0 amide bonds. The highest BCUT2D eigenvalue weighted by Crippen LogP contribution is 2.26. The summed E-state index contributed by atoms with van der Waals surface area (Å²) in [5.41, 5.74) is -2.08. The Labute approximate surface area is 96.8 Å². The normalized spacial score (nSPS) is 10.8. The van der Waals surface area contributed by atoms with Crippen LogP contribution in [0.1, 0.15) is 13.8 Å². The summed E-state index contributed by atoms with van der Waals surface area (Å²) < 4.78 is 26.9. The molecule has 6 heteroatoms. The van der Waals surface area contributed by atoms with Crippen molar-refractivity contribution in [2.75, 3.05) is 5.32 Å². The second-order valence-electron chi connectivity index (χ2n) is 3.94. The largest absolute Gasteiger partial charge is 0.365 e. The van der Waals surface area contributed by atoms with Gasteiger partial charge in [-0.2, -0.15) is 0 Å². The Morgan fingerprint density at radius 3 is 2.24 bits per heavy atom. The third kappa shape index (κ3) is 2.91. The Hall–Kier alpha value is -2.16. The number of hydrogen-bond acceptors (Lipinski definition) is 3. The maximum atomic E-state index is 13.5. The smallest absolute Gasteiger partial charge is 0.275 e. The van der Waals surface area contributed by atoms with Crippen LogP contribution in [0.5, 0.6) is 0 Å². The minimum Gasteiger partial charge on any atom is -0.365 e. The minimum atomic E-state index is -1.06. The second kappa shape index (κ2) is 4.37. The van der Waals surface area contributed by atoms with Gasteiger partial charge in [0, 0.05) is 0 Å². The van der Waals surface area contributed by atoms with Crippen molar-refractivity contribution in [2.24, 2.45) is 0 Å². The van der Waals surface area contributed by atoms with Gasteiger partial charge in [-0.25, -0.2) is 8.78 Å². The predicted molar refractivity (Wildman–Crippen MR) is 59.5 cm³/mol. The number of nitro benzene ring substituents is 1. The summed E-state index contributed by atoms with van der Waals surface area (Å²) in [6, 6.07) is 1.27. The van der Waals surface area contributed by atoms with E-state index in [2.05, 4.69) is 11.2 Å². The quantitative estimate of drug-likeness (QED) is 0.502. The average Bonchev–Trinajstić information content (AvgIpc) is 2.23. The number of terminal acetylenes is 1. The lowest BCUT2D eigenvalue weighted by Crippen LogP contribution is -2.29. The summed E-state index contributed by atoms with van der Waals surface area (Å²) in [5, 5.41) is 12.8. The zero-order chi connectivity index (χ0) is 13.2. The fourth-order valence-electron chi connectivity index (χ4n) is 1.13. The number of hydrogen-bond donors (Lipinski definition) is 1. The highest BCUT2D eigenvalue weighted by molar-refractivity contribution is 5.54. The van der Waals surface area contributed by atoms with Crippen molar-refractivity contribution in [1.29, 1.82) is 0 Å². The molecule has 0 radical (unpaired) electrons. The van der Waals surface area contributed by atoms with Crippen LogP contribution < -0.4 is 5.32 Å². The van der Waals surface area contributed by atoms with E-state index in [0.29, 0.717) is 12.1 Å². The van der Waals surface area contributed by atoms with Gasteiger partial charge in [0.2, 0.25) is 0 Å². The monoisotopic (exact) mass is 240 g/mol. The zero-order valence-corrected chi connectivity index (χ0v) is 9.25. The molecule has 0 spiro atoms. The molecule has 0 aliphatic heterocycles. The average molecular weight is 240 g/mol. The molecule has 1 rings (SSSR count). The van der Waals surface area contributed by atoms with Crippen LogP contribution in [0.15, 0.2) is 12.1 Å². The van der Waals surface area contributed by atoms with Crippen LogP contribution in [-0.4, -0.2) is 10.5 Å². The first kappa shape index (κ1) is 12.9. The van der Waals surface area contributed by atoms with E-state index in [1.165, 1.54) is 0 Å². The van der Waals surface area contributed by atoms with Gasteiger partial charge in [0.25, 0.3) is 5.69 Å². The van der Waals surface area contributed by atoms with Crippen LogP contribution in [-0.2, 0) is 0 Å². The van der Waals surface area contributed by atoms with E-state index < -0.39 is 33.5 Å². The molecule has 0 saturated heterocycles. The highest BCUT2D eigenvalue weighted by Gasteiger charge is 2.22. The fourth-order valence-corrected chi connectivity index (χ4v) is 1.13. The molecule has 0 atom stereocenters. The van der Waals surface area contributed by atoms with E-state index >= 15 is 0 Å². The van der Waals surface area contributed by atoms with Gasteiger partial charge in [-0.3, -0.25) is 10.1 Å². The van der Waals surface area contributed by atoms with E-state index in [-0.39, 0.29) is 0 Å². The van der Waals surface area contributed by atoms with Crippen molar-refractivity contribution < 1.29 is 13.7 Å². The number of rotatable bonds is 3. The molecule has 0 saturated carbocycles. The van der Waals surface area contributed by atoms with Gasteiger partial charge in [0.1, 0.15) is 5.69 Å². The number of anilines is 1. The maximum Gasteiger partial charge on any atom is 0.275 e. The molecule has 1 aromatic rings. The van der Waals surface area contributed by atoms with Gasteiger partial charge >= 0.3 is 0 Å². The molecule has 1 aromatic carbocycles.